The topological polar surface area (TPSA) is 54.5 Å². The Morgan fingerprint density at radius 1 is 1.50 bits per heavy atom. The summed E-state index contributed by atoms with van der Waals surface area (Å²) in [6.07, 6.45) is 1.64. The second-order valence-electron chi connectivity index (χ2n) is 3.88. The van der Waals surface area contributed by atoms with Crippen LogP contribution in [0.1, 0.15) is 24.2 Å². The van der Waals surface area contributed by atoms with E-state index in [2.05, 4.69) is 10.3 Å². The van der Waals surface area contributed by atoms with Gasteiger partial charge in [0, 0.05) is 38.5 Å². The number of carbonyl (C=O) groups is 1. The second kappa shape index (κ2) is 7.66. The Kier molecular flexibility index (Phi) is 6.14. The van der Waals surface area contributed by atoms with E-state index >= 15 is 0 Å². The molecule has 0 aliphatic heterocycles. The summed E-state index contributed by atoms with van der Waals surface area (Å²) in [7, 11) is 1.77. The molecule has 5 nitrogen and oxygen atoms in total. The van der Waals surface area contributed by atoms with Crippen molar-refractivity contribution in [3.8, 4) is 0 Å². The van der Waals surface area contributed by atoms with E-state index in [1.807, 2.05) is 13.8 Å². The molecule has 1 rings (SSSR count). The van der Waals surface area contributed by atoms with Crippen LogP contribution in [0.25, 0.3) is 0 Å². The Hall–Kier alpha value is -1.62. The first kappa shape index (κ1) is 14.4. The number of nitrogens with one attached hydrogen (secondary N) is 1. The fourth-order valence-corrected chi connectivity index (χ4v) is 1.51. The molecule has 1 aromatic rings. The number of anilines is 1. The number of likely N-dealkylation sites (N-methyl/N-ethyl adjacent to an activating group) is 1. The van der Waals surface area contributed by atoms with E-state index < -0.39 is 0 Å². The summed E-state index contributed by atoms with van der Waals surface area (Å²) in [6.45, 7) is 6.53. The fraction of sp³-hybridized carbons (Fsp3) is 0.538. The molecule has 0 saturated heterocycles. The van der Waals surface area contributed by atoms with Crippen LogP contribution in [0.15, 0.2) is 18.3 Å². The zero-order valence-corrected chi connectivity index (χ0v) is 11.3. The largest absolute Gasteiger partial charge is 0.380 e. The molecule has 0 bridgehead atoms. The molecule has 1 aromatic heterocycles. The van der Waals surface area contributed by atoms with Crippen LogP contribution >= 0.6 is 0 Å². The molecule has 18 heavy (non-hydrogen) atoms. The monoisotopic (exact) mass is 251 g/mol. The van der Waals surface area contributed by atoms with Gasteiger partial charge in [-0.1, -0.05) is 0 Å². The summed E-state index contributed by atoms with van der Waals surface area (Å²) in [5.41, 5.74) is 0.639. The van der Waals surface area contributed by atoms with Gasteiger partial charge in [-0.3, -0.25) is 4.79 Å². The van der Waals surface area contributed by atoms with Crippen molar-refractivity contribution >= 4 is 11.7 Å². The first-order chi connectivity index (χ1) is 8.69. The van der Waals surface area contributed by atoms with E-state index in [4.69, 9.17) is 4.74 Å². The number of carbonyl (C=O) groups excluding carboxylic acids is 1. The molecule has 0 atom stereocenters. The molecule has 0 aromatic carbocycles. The van der Waals surface area contributed by atoms with Gasteiger partial charge in [0.1, 0.15) is 5.82 Å². The van der Waals surface area contributed by atoms with Crippen molar-refractivity contribution in [1.29, 1.82) is 0 Å². The molecule has 0 aliphatic rings. The van der Waals surface area contributed by atoms with Gasteiger partial charge in [0.25, 0.3) is 5.91 Å². The minimum atomic E-state index is -0.0174. The van der Waals surface area contributed by atoms with Gasteiger partial charge in [-0.25, -0.2) is 4.98 Å². The van der Waals surface area contributed by atoms with Crippen LogP contribution in [0.3, 0.4) is 0 Å². The summed E-state index contributed by atoms with van der Waals surface area (Å²) in [4.78, 5) is 17.9. The summed E-state index contributed by atoms with van der Waals surface area (Å²) in [6, 6.07) is 3.49. The number of amides is 1. The summed E-state index contributed by atoms with van der Waals surface area (Å²) in [5, 5.41) is 3.09. The van der Waals surface area contributed by atoms with Gasteiger partial charge in [0.2, 0.25) is 0 Å². The van der Waals surface area contributed by atoms with Crippen LogP contribution in [0.2, 0.25) is 0 Å². The highest BCUT2D eigenvalue weighted by Gasteiger charge is 2.11. The third-order valence-corrected chi connectivity index (χ3v) is 2.49. The molecule has 0 aliphatic carbocycles. The normalized spacial score (nSPS) is 10.2. The molecule has 0 saturated carbocycles. The number of pyridine rings is 1. The van der Waals surface area contributed by atoms with Crippen LogP contribution in [-0.2, 0) is 4.74 Å². The SMILES string of the molecule is CCNc1cc(C(=O)N(C)CCOCC)ccn1. The molecule has 0 fully saturated rings. The first-order valence-electron chi connectivity index (χ1n) is 6.22. The fourth-order valence-electron chi connectivity index (χ4n) is 1.51. The Labute approximate surface area is 108 Å². The number of rotatable bonds is 7. The maximum absolute atomic E-state index is 12.1. The van der Waals surface area contributed by atoms with Crippen LogP contribution in [0.5, 0.6) is 0 Å². The van der Waals surface area contributed by atoms with E-state index in [1.165, 1.54) is 0 Å². The van der Waals surface area contributed by atoms with Gasteiger partial charge in [0.05, 0.1) is 6.61 Å². The Balaban J connectivity index is 2.62. The van der Waals surface area contributed by atoms with E-state index in [1.54, 1.807) is 30.3 Å². The minimum Gasteiger partial charge on any atom is -0.380 e. The highest BCUT2D eigenvalue weighted by Crippen LogP contribution is 2.08. The zero-order valence-electron chi connectivity index (χ0n) is 11.3. The third kappa shape index (κ3) is 4.33. The average Bonchev–Trinajstić information content (AvgIpc) is 2.39. The van der Waals surface area contributed by atoms with Crippen molar-refractivity contribution in [2.24, 2.45) is 0 Å². The van der Waals surface area contributed by atoms with Crippen molar-refractivity contribution < 1.29 is 9.53 Å². The number of nitrogens with zero attached hydrogens (tertiary/aromatic N) is 2. The number of hydrogen-bond acceptors (Lipinski definition) is 4. The molecule has 0 spiro atoms. The first-order valence-corrected chi connectivity index (χ1v) is 6.22. The Bertz CT molecular complexity index is 382. The van der Waals surface area contributed by atoms with Crippen LogP contribution < -0.4 is 5.32 Å². The average molecular weight is 251 g/mol. The molecule has 100 valence electrons. The van der Waals surface area contributed by atoms with Gasteiger partial charge in [-0.05, 0) is 26.0 Å². The van der Waals surface area contributed by atoms with Crippen molar-refractivity contribution in [2.75, 3.05) is 38.7 Å². The molecule has 5 heteroatoms. The van der Waals surface area contributed by atoms with Crippen LogP contribution in [0, 0.1) is 0 Å². The molecule has 1 heterocycles. The predicted molar refractivity (Wildman–Crippen MR) is 71.9 cm³/mol. The van der Waals surface area contributed by atoms with E-state index in [0.717, 1.165) is 12.4 Å². The standard InChI is InChI=1S/C13H21N3O2/c1-4-14-12-10-11(6-7-15-12)13(17)16(3)8-9-18-5-2/h6-7,10H,4-5,8-9H2,1-3H3,(H,14,15). The van der Waals surface area contributed by atoms with Gasteiger partial charge in [-0.2, -0.15) is 0 Å². The quantitative estimate of drug-likeness (QED) is 0.748. The van der Waals surface area contributed by atoms with E-state index in [0.29, 0.717) is 25.3 Å². The Morgan fingerprint density at radius 3 is 2.94 bits per heavy atom. The summed E-state index contributed by atoms with van der Waals surface area (Å²) in [5.74, 6) is 0.706. The highest BCUT2D eigenvalue weighted by atomic mass is 16.5. The van der Waals surface area contributed by atoms with Gasteiger partial charge < -0.3 is 15.0 Å². The number of ether oxygens (including phenoxy) is 1. The van der Waals surface area contributed by atoms with Crippen LogP contribution in [0.4, 0.5) is 5.82 Å². The zero-order chi connectivity index (χ0) is 13.4. The van der Waals surface area contributed by atoms with Gasteiger partial charge in [0.15, 0.2) is 0 Å². The molecule has 0 radical (unpaired) electrons. The lowest BCUT2D eigenvalue weighted by atomic mass is 10.2. The molecular formula is C13H21N3O2. The highest BCUT2D eigenvalue weighted by molar-refractivity contribution is 5.94. The van der Waals surface area contributed by atoms with E-state index in [9.17, 15) is 4.79 Å². The van der Waals surface area contributed by atoms with Crippen molar-refractivity contribution in [3.05, 3.63) is 23.9 Å². The lowest BCUT2D eigenvalue weighted by Gasteiger charge is -2.17. The van der Waals surface area contributed by atoms with Gasteiger partial charge >= 0.3 is 0 Å². The van der Waals surface area contributed by atoms with E-state index in [-0.39, 0.29) is 5.91 Å². The van der Waals surface area contributed by atoms with Gasteiger partial charge in [-0.15, -0.1) is 0 Å². The van der Waals surface area contributed by atoms with Crippen LogP contribution in [-0.4, -0.2) is 49.1 Å². The maximum atomic E-state index is 12.1. The number of hydrogen-bond donors (Lipinski definition) is 1. The summed E-state index contributed by atoms with van der Waals surface area (Å²) >= 11 is 0. The molecular weight excluding hydrogens is 230 g/mol. The van der Waals surface area contributed by atoms with Crippen molar-refractivity contribution in [3.63, 3.8) is 0 Å². The third-order valence-electron chi connectivity index (χ3n) is 2.49. The molecule has 1 N–H and O–H groups in total. The smallest absolute Gasteiger partial charge is 0.253 e. The van der Waals surface area contributed by atoms with Crippen molar-refractivity contribution in [1.82, 2.24) is 9.88 Å². The van der Waals surface area contributed by atoms with Crippen molar-refractivity contribution in [2.45, 2.75) is 13.8 Å². The summed E-state index contributed by atoms with van der Waals surface area (Å²) < 4.78 is 5.23. The second-order valence-corrected chi connectivity index (χ2v) is 3.88. The predicted octanol–water partition coefficient (Wildman–Crippen LogP) is 1.62. The Morgan fingerprint density at radius 2 is 2.28 bits per heavy atom. The number of aromatic nitrogens is 1. The maximum Gasteiger partial charge on any atom is 0.253 e. The molecule has 0 unspecified atom stereocenters. The minimum absolute atomic E-state index is 0.0174. The lowest BCUT2D eigenvalue weighted by Crippen LogP contribution is -2.30. The lowest BCUT2D eigenvalue weighted by molar-refractivity contribution is 0.0710. The molecule has 1 amide bonds.